The van der Waals surface area contributed by atoms with Crippen LogP contribution in [-0.2, 0) is 14.8 Å². The molecular weight excluding hydrogens is 492 g/mol. The molecule has 1 N–H and O–H groups in total. The predicted octanol–water partition coefficient (Wildman–Crippen LogP) is 2.53. The smallest absolute Gasteiger partial charge is 0.387 e. The number of rotatable bonds is 7. The quantitative estimate of drug-likeness (QED) is 0.509. The third-order valence-corrected chi connectivity index (χ3v) is 8.60. The van der Waals surface area contributed by atoms with E-state index < -0.39 is 28.6 Å². The Morgan fingerprint density at radius 2 is 1.91 bits per heavy atom. The molecule has 1 aliphatic heterocycles. The summed E-state index contributed by atoms with van der Waals surface area (Å²) in [6.45, 7) is -3.02. The maximum Gasteiger partial charge on any atom is 0.387 e. The number of alkyl halides is 2. The summed E-state index contributed by atoms with van der Waals surface area (Å²) in [7, 11) is -4.20. The zero-order valence-corrected chi connectivity index (χ0v) is 19.2. The van der Waals surface area contributed by atoms with Gasteiger partial charge in [0, 0.05) is 25.6 Å². The van der Waals surface area contributed by atoms with E-state index in [-0.39, 0.29) is 30.3 Å². The van der Waals surface area contributed by atoms with Gasteiger partial charge in [0.2, 0.25) is 10.0 Å². The molecule has 2 aromatic heterocycles. The second kappa shape index (κ2) is 8.67. The Hall–Kier alpha value is -2.97. The van der Waals surface area contributed by atoms with Crippen molar-refractivity contribution in [3.8, 4) is 5.75 Å². The Labute approximate surface area is 196 Å². The molecule has 0 bridgehead atoms. The van der Waals surface area contributed by atoms with Crippen LogP contribution < -0.4 is 9.64 Å². The summed E-state index contributed by atoms with van der Waals surface area (Å²) in [5.74, 6) is -0.371. The molecule has 14 heteroatoms. The van der Waals surface area contributed by atoms with Gasteiger partial charge >= 0.3 is 12.6 Å². The van der Waals surface area contributed by atoms with Crippen molar-refractivity contribution >= 4 is 42.8 Å². The molecule has 0 spiro atoms. The van der Waals surface area contributed by atoms with Crippen LogP contribution >= 0.6 is 11.3 Å². The second-order valence-corrected chi connectivity index (χ2v) is 10.9. The average molecular weight is 512 g/mol. The van der Waals surface area contributed by atoms with Crippen LogP contribution in [0.5, 0.6) is 5.75 Å². The Morgan fingerprint density at radius 1 is 1.18 bits per heavy atom. The molecule has 1 saturated heterocycles. The van der Waals surface area contributed by atoms with Gasteiger partial charge in [0.1, 0.15) is 17.6 Å². The molecule has 180 valence electrons. The van der Waals surface area contributed by atoms with Crippen molar-refractivity contribution in [1.82, 2.24) is 19.3 Å². The number of carbonyl (C=O) groups is 1. The lowest BCUT2D eigenvalue weighted by atomic mass is 10.2. The number of hydrogen-bond donors (Lipinski definition) is 1. The fraction of sp³-hybridized carbons (Fsp3) is 0.400. The molecule has 2 fully saturated rings. The number of halogens is 2. The molecule has 3 aromatic rings. The van der Waals surface area contributed by atoms with E-state index in [9.17, 15) is 27.1 Å². The Balaban J connectivity index is 1.37. The standard InChI is InChI=1S/C20H19F2N5O5S2/c21-19(22)32-12-3-5-13(6-4-12)34(30,31)27-8-7-26(10-14(27)18(28)29)20-25-17-15(33-20)9-23-16(24-17)11-1-2-11/h3-6,9,11,14,19H,1-2,7-8,10H2,(H,28,29)/t14-/m1/s1. The minimum atomic E-state index is -4.20. The van der Waals surface area contributed by atoms with Gasteiger partial charge in [-0.2, -0.15) is 18.1 Å². The number of nitrogens with zero attached hydrogens (tertiary/aromatic N) is 5. The van der Waals surface area contributed by atoms with Gasteiger partial charge in [0.15, 0.2) is 10.8 Å². The monoisotopic (exact) mass is 511 g/mol. The fourth-order valence-corrected chi connectivity index (χ4v) is 6.25. The Morgan fingerprint density at radius 3 is 2.56 bits per heavy atom. The number of fused-ring (bicyclic) bond motifs is 1. The summed E-state index contributed by atoms with van der Waals surface area (Å²) in [6, 6.07) is 3.06. The van der Waals surface area contributed by atoms with Crippen LogP contribution in [0.2, 0.25) is 0 Å². The van der Waals surface area contributed by atoms with E-state index in [1.807, 2.05) is 0 Å². The van der Waals surface area contributed by atoms with Gasteiger partial charge in [-0.25, -0.2) is 18.4 Å². The van der Waals surface area contributed by atoms with Gasteiger partial charge in [-0.15, -0.1) is 0 Å². The van der Waals surface area contributed by atoms with Crippen molar-refractivity contribution in [1.29, 1.82) is 0 Å². The molecule has 10 nitrogen and oxygen atoms in total. The van der Waals surface area contributed by atoms with Crippen LogP contribution in [0.15, 0.2) is 35.4 Å². The molecular formula is C20H19F2N5O5S2. The topological polar surface area (TPSA) is 126 Å². The summed E-state index contributed by atoms with van der Waals surface area (Å²) in [5, 5.41) is 10.3. The second-order valence-electron chi connectivity index (χ2n) is 7.95. The SMILES string of the molecule is O=C(O)[C@H]1CN(c2nc3nc(C4CC4)ncc3s2)CCN1S(=O)(=O)c1ccc(OC(F)F)cc1. The zero-order chi connectivity index (χ0) is 24.0. The number of anilines is 1. The predicted molar refractivity (Wildman–Crippen MR) is 118 cm³/mol. The van der Waals surface area contributed by atoms with Crippen molar-refractivity contribution in [2.75, 3.05) is 24.5 Å². The molecule has 3 heterocycles. The summed E-state index contributed by atoms with van der Waals surface area (Å²) in [4.78, 5) is 27.0. The van der Waals surface area contributed by atoms with Crippen LogP contribution in [-0.4, -0.2) is 71.0 Å². The highest BCUT2D eigenvalue weighted by atomic mass is 32.2. The molecule has 0 radical (unpaired) electrons. The summed E-state index contributed by atoms with van der Waals surface area (Å²) in [6.07, 6.45) is 3.83. The lowest BCUT2D eigenvalue weighted by molar-refractivity contribution is -0.141. The lowest BCUT2D eigenvalue weighted by Crippen LogP contribution is -2.58. The van der Waals surface area contributed by atoms with Crippen molar-refractivity contribution < 1.29 is 31.8 Å². The van der Waals surface area contributed by atoms with Gasteiger partial charge in [0.25, 0.3) is 0 Å². The number of piperazine rings is 1. The van der Waals surface area contributed by atoms with Crippen molar-refractivity contribution in [3.63, 3.8) is 0 Å². The van der Waals surface area contributed by atoms with Crippen molar-refractivity contribution in [3.05, 3.63) is 36.3 Å². The lowest BCUT2D eigenvalue weighted by Gasteiger charge is -2.38. The largest absolute Gasteiger partial charge is 0.480 e. The third kappa shape index (κ3) is 4.40. The molecule has 2 aliphatic rings. The van der Waals surface area contributed by atoms with E-state index in [0.717, 1.165) is 51.9 Å². The van der Waals surface area contributed by atoms with Gasteiger partial charge in [-0.1, -0.05) is 11.3 Å². The highest BCUT2D eigenvalue weighted by molar-refractivity contribution is 7.89. The molecule has 1 aliphatic carbocycles. The number of aliphatic carboxylic acids is 1. The van der Waals surface area contributed by atoms with E-state index in [4.69, 9.17) is 0 Å². The first kappa shape index (κ1) is 22.8. The normalized spacial score (nSPS) is 19.6. The molecule has 1 atom stereocenters. The highest BCUT2D eigenvalue weighted by Gasteiger charge is 2.41. The average Bonchev–Trinajstić information content (AvgIpc) is 3.57. The van der Waals surface area contributed by atoms with Gasteiger partial charge in [0.05, 0.1) is 15.8 Å². The van der Waals surface area contributed by atoms with E-state index in [2.05, 4.69) is 19.7 Å². The van der Waals surface area contributed by atoms with Crippen LogP contribution in [0.3, 0.4) is 0 Å². The minimum absolute atomic E-state index is 0.0937. The first-order valence-electron chi connectivity index (χ1n) is 10.4. The minimum Gasteiger partial charge on any atom is -0.480 e. The number of aromatic nitrogens is 3. The number of carboxylic acid groups (broad SMARTS) is 1. The number of thiazole rings is 1. The maximum atomic E-state index is 13.2. The Kier molecular flexibility index (Phi) is 5.81. The van der Waals surface area contributed by atoms with E-state index >= 15 is 0 Å². The Bertz CT molecular complexity index is 1330. The summed E-state index contributed by atoms with van der Waals surface area (Å²) in [5.41, 5.74) is 0.546. The first-order valence-corrected chi connectivity index (χ1v) is 12.7. The number of hydrogen-bond acceptors (Lipinski definition) is 9. The van der Waals surface area contributed by atoms with Crippen LogP contribution in [0.25, 0.3) is 10.3 Å². The van der Waals surface area contributed by atoms with E-state index in [0.29, 0.717) is 16.7 Å². The molecule has 1 aromatic carbocycles. The van der Waals surface area contributed by atoms with Crippen molar-refractivity contribution in [2.24, 2.45) is 0 Å². The van der Waals surface area contributed by atoms with Crippen LogP contribution in [0, 0.1) is 0 Å². The summed E-state index contributed by atoms with van der Waals surface area (Å²) >= 11 is 1.32. The molecule has 0 amide bonds. The first-order chi connectivity index (χ1) is 16.2. The number of sulfonamides is 1. The molecule has 5 rings (SSSR count). The third-order valence-electron chi connectivity index (χ3n) is 5.64. The van der Waals surface area contributed by atoms with Crippen LogP contribution in [0.4, 0.5) is 13.9 Å². The van der Waals surface area contributed by atoms with Gasteiger partial charge in [-0.3, -0.25) is 4.79 Å². The fourth-order valence-electron chi connectivity index (χ4n) is 3.77. The zero-order valence-electron chi connectivity index (χ0n) is 17.5. The number of benzene rings is 1. The van der Waals surface area contributed by atoms with Crippen LogP contribution in [0.1, 0.15) is 24.6 Å². The van der Waals surface area contributed by atoms with Gasteiger partial charge < -0.3 is 14.7 Å². The molecule has 0 unspecified atom stereocenters. The van der Waals surface area contributed by atoms with Gasteiger partial charge in [-0.05, 0) is 37.1 Å². The number of carboxylic acids is 1. The van der Waals surface area contributed by atoms with Crippen molar-refractivity contribution in [2.45, 2.75) is 36.3 Å². The number of ether oxygens (including phenoxy) is 1. The molecule has 34 heavy (non-hydrogen) atoms. The van der Waals surface area contributed by atoms with E-state index in [1.165, 1.54) is 11.3 Å². The maximum absolute atomic E-state index is 13.2. The summed E-state index contributed by atoms with van der Waals surface area (Å²) < 4.78 is 56.9. The van der Waals surface area contributed by atoms with E-state index in [1.54, 1.807) is 11.1 Å². The molecule has 1 saturated carbocycles. The highest BCUT2D eigenvalue weighted by Crippen LogP contribution is 2.39.